The van der Waals surface area contributed by atoms with E-state index in [1.165, 1.54) is 12.1 Å². The van der Waals surface area contributed by atoms with Gasteiger partial charge in [0.15, 0.2) is 0 Å². The Balaban J connectivity index is 2.13. The van der Waals surface area contributed by atoms with E-state index in [0.717, 1.165) is 30.5 Å². The first-order valence-electron chi connectivity index (χ1n) is 5.94. The highest BCUT2D eigenvalue weighted by atomic mass is 19.1. The van der Waals surface area contributed by atoms with Crippen LogP contribution >= 0.6 is 0 Å². The molecule has 0 bridgehead atoms. The molecular weight excluding hydrogens is 233 g/mol. The number of aromatic nitrogens is 2. The third-order valence-electron chi connectivity index (χ3n) is 2.71. The van der Waals surface area contributed by atoms with Gasteiger partial charge in [0.25, 0.3) is 0 Å². The SMILES string of the molecule is CNCCCc1nc(-c2ccc(F)cc2C)no1. The number of hydrogen-bond donors (Lipinski definition) is 1. The molecule has 2 aromatic rings. The fraction of sp³-hybridized carbons (Fsp3) is 0.385. The van der Waals surface area contributed by atoms with Gasteiger partial charge < -0.3 is 9.84 Å². The average molecular weight is 249 g/mol. The molecule has 1 N–H and O–H groups in total. The van der Waals surface area contributed by atoms with Crippen LogP contribution in [0.2, 0.25) is 0 Å². The van der Waals surface area contributed by atoms with Crippen LogP contribution in [0.25, 0.3) is 11.4 Å². The van der Waals surface area contributed by atoms with E-state index in [1.807, 2.05) is 14.0 Å². The van der Waals surface area contributed by atoms with E-state index >= 15 is 0 Å². The summed E-state index contributed by atoms with van der Waals surface area (Å²) in [7, 11) is 1.90. The van der Waals surface area contributed by atoms with Crippen molar-refractivity contribution in [3.05, 3.63) is 35.5 Å². The Hall–Kier alpha value is -1.75. The van der Waals surface area contributed by atoms with Gasteiger partial charge in [-0.15, -0.1) is 0 Å². The molecule has 96 valence electrons. The lowest BCUT2D eigenvalue weighted by Gasteiger charge is -1.99. The zero-order chi connectivity index (χ0) is 13.0. The van der Waals surface area contributed by atoms with Crippen molar-refractivity contribution in [2.24, 2.45) is 0 Å². The van der Waals surface area contributed by atoms with Gasteiger partial charge in [-0.05, 0) is 50.7 Å². The maximum Gasteiger partial charge on any atom is 0.227 e. The molecule has 0 atom stereocenters. The Kier molecular flexibility index (Phi) is 4.04. The number of nitrogens with one attached hydrogen (secondary N) is 1. The number of aryl methyl sites for hydroxylation is 2. The van der Waals surface area contributed by atoms with Crippen LogP contribution in [-0.4, -0.2) is 23.7 Å². The molecule has 0 aliphatic carbocycles. The Morgan fingerprint density at radius 2 is 2.22 bits per heavy atom. The van der Waals surface area contributed by atoms with Crippen LogP contribution in [0.5, 0.6) is 0 Å². The summed E-state index contributed by atoms with van der Waals surface area (Å²) in [5.74, 6) is 0.880. The highest BCUT2D eigenvalue weighted by molar-refractivity contribution is 5.59. The van der Waals surface area contributed by atoms with Crippen molar-refractivity contribution in [1.82, 2.24) is 15.5 Å². The Morgan fingerprint density at radius 3 is 2.94 bits per heavy atom. The van der Waals surface area contributed by atoms with Crippen LogP contribution in [-0.2, 0) is 6.42 Å². The first kappa shape index (κ1) is 12.7. The molecule has 1 aromatic carbocycles. The fourth-order valence-electron chi connectivity index (χ4n) is 1.76. The van der Waals surface area contributed by atoms with Crippen molar-refractivity contribution >= 4 is 0 Å². The Morgan fingerprint density at radius 1 is 1.39 bits per heavy atom. The number of halogens is 1. The molecule has 4 nitrogen and oxygen atoms in total. The molecule has 2 rings (SSSR count). The lowest BCUT2D eigenvalue weighted by molar-refractivity contribution is 0.375. The van der Waals surface area contributed by atoms with Crippen LogP contribution in [0.3, 0.4) is 0 Å². The number of nitrogens with zero attached hydrogens (tertiary/aromatic N) is 2. The topological polar surface area (TPSA) is 51.0 Å². The Labute approximate surface area is 105 Å². The Bertz CT molecular complexity index is 525. The smallest absolute Gasteiger partial charge is 0.227 e. The molecule has 0 unspecified atom stereocenters. The molecule has 0 fully saturated rings. The van der Waals surface area contributed by atoms with E-state index < -0.39 is 0 Å². The molecule has 0 aliphatic heterocycles. The maximum atomic E-state index is 13.0. The number of hydrogen-bond acceptors (Lipinski definition) is 4. The van der Waals surface area contributed by atoms with Gasteiger partial charge in [0, 0.05) is 12.0 Å². The average Bonchev–Trinajstić information content (AvgIpc) is 2.78. The number of rotatable bonds is 5. The van der Waals surface area contributed by atoms with E-state index in [2.05, 4.69) is 15.5 Å². The van der Waals surface area contributed by atoms with Crippen molar-refractivity contribution in [2.75, 3.05) is 13.6 Å². The van der Waals surface area contributed by atoms with E-state index in [-0.39, 0.29) is 5.82 Å². The molecule has 5 heteroatoms. The molecule has 0 spiro atoms. The van der Waals surface area contributed by atoms with Gasteiger partial charge >= 0.3 is 0 Å². The molecule has 0 aliphatic rings. The minimum absolute atomic E-state index is 0.256. The standard InChI is InChI=1S/C13H16FN3O/c1-9-8-10(14)5-6-11(9)13-16-12(18-17-13)4-3-7-15-2/h5-6,8,15H,3-4,7H2,1-2H3. The summed E-state index contributed by atoms with van der Waals surface area (Å²) < 4.78 is 18.2. The quantitative estimate of drug-likeness (QED) is 0.826. The second-order valence-corrected chi connectivity index (χ2v) is 4.18. The van der Waals surface area contributed by atoms with Crippen LogP contribution in [0.4, 0.5) is 4.39 Å². The molecule has 0 amide bonds. The summed E-state index contributed by atoms with van der Waals surface area (Å²) in [6, 6.07) is 4.54. The third-order valence-corrected chi connectivity index (χ3v) is 2.71. The van der Waals surface area contributed by atoms with Gasteiger partial charge in [-0.25, -0.2) is 4.39 Å². The summed E-state index contributed by atoms with van der Waals surface area (Å²) in [4.78, 5) is 4.31. The first-order chi connectivity index (χ1) is 8.70. The van der Waals surface area contributed by atoms with Gasteiger partial charge in [-0.3, -0.25) is 0 Å². The summed E-state index contributed by atoms with van der Waals surface area (Å²) in [6.45, 7) is 2.74. The highest BCUT2D eigenvalue weighted by Crippen LogP contribution is 2.21. The zero-order valence-electron chi connectivity index (χ0n) is 10.5. The van der Waals surface area contributed by atoms with Crippen molar-refractivity contribution in [3.63, 3.8) is 0 Å². The zero-order valence-corrected chi connectivity index (χ0v) is 10.5. The second-order valence-electron chi connectivity index (χ2n) is 4.18. The van der Waals surface area contributed by atoms with Crippen LogP contribution in [0.15, 0.2) is 22.7 Å². The van der Waals surface area contributed by atoms with Gasteiger partial charge in [0.2, 0.25) is 11.7 Å². The summed E-state index contributed by atoms with van der Waals surface area (Å²) in [5.41, 5.74) is 1.61. The van der Waals surface area contributed by atoms with Crippen molar-refractivity contribution in [3.8, 4) is 11.4 Å². The van der Waals surface area contributed by atoms with Crippen LogP contribution in [0.1, 0.15) is 17.9 Å². The second kappa shape index (κ2) is 5.73. The van der Waals surface area contributed by atoms with E-state index in [9.17, 15) is 4.39 Å². The lowest BCUT2D eigenvalue weighted by atomic mass is 10.1. The normalized spacial score (nSPS) is 10.8. The molecule has 18 heavy (non-hydrogen) atoms. The predicted octanol–water partition coefficient (Wildman–Crippen LogP) is 2.34. The monoisotopic (exact) mass is 249 g/mol. The highest BCUT2D eigenvalue weighted by Gasteiger charge is 2.10. The molecule has 1 aromatic heterocycles. The van der Waals surface area contributed by atoms with Gasteiger partial charge in [0.1, 0.15) is 5.82 Å². The van der Waals surface area contributed by atoms with Crippen LogP contribution < -0.4 is 5.32 Å². The van der Waals surface area contributed by atoms with Crippen LogP contribution in [0, 0.1) is 12.7 Å². The van der Waals surface area contributed by atoms with Gasteiger partial charge in [0.05, 0.1) is 0 Å². The minimum atomic E-state index is -0.256. The number of benzene rings is 1. The molecule has 0 radical (unpaired) electrons. The lowest BCUT2D eigenvalue weighted by Crippen LogP contribution is -2.08. The third kappa shape index (κ3) is 2.92. The van der Waals surface area contributed by atoms with Crippen molar-refractivity contribution in [1.29, 1.82) is 0 Å². The van der Waals surface area contributed by atoms with E-state index in [0.29, 0.717) is 11.7 Å². The molecule has 0 saturated heterocycles. The minimum Gasteiger partial charge on any atom is -0.339 e. The predicted molar refractivity (Wildman–Crippen MR) is 66.7 cm³/mol. The van der Waals surface area contributed by atoms with Crippen molar-refractivity contribution in [2.45, 2.75) is 19.8 Å². The maximum absolute atomic E-state index is 13.0. The summed E-state index contributed by atoms with van der Waals surface area (Å²) >= 11 is 0. The first-order valence-corrected chi connectivity index (χ1v) is 5.94. The van der Waals surface area contributed by atoms with Crippen molar-refractivity contribution < 1.29 is 8.91 Å². The largest absolute Gasteiger partial charge is 0.339 e. The van der Waals surface area contributed by atoms with E-state index in [4.69, 9.17) is 4.52 Å². The van der Waals surface area contributed by atoms with Gasteiger partial charge in [-0.1, -0.05) is 5.16 Å². The summed E-state index contributed by atoms with van der Waals surface area (Å²) in [6.07, 6.45) is 1.69. The molecular formula is C13H16FN3O. The fourth-order valence-corrected chi connectivity index (χ4v) is 1.76. The molecule has 1 heterocycles. The summed E-state index contributed by atoms with van der Waals surface area (Å²) in [5, 5.41) is 6.99. The van der Waals surface area contributed by atoms with E-state index in [1.54, 1.807) is 6.07 Å². The van der Waals surface area contributed by atoms with Gasteiger partial charge in [-0.2, -0.15) is 4.98 Å². The molecule has 0 saturated carbocycles.